The fourth-order valence-electron chi connectivity index (χ4n) is 3.67. The van der Waals surface area contributed by atoms with Crippen LogP contribution in [0.4, 0.5) is 4.79 Å². The summed E-state index contributed by atoms with van der Waals surface area (Å²) < 4.78 is 0. The van der Waals surface area contributed by atoms with Crippen molar-refractivity contribution in [3.05, 3.63) is 0 Å². The van der Waals surface area contributed by atoms with Crippen molar-refractivity contribution < 1.29 is 4.79 Å². The maximum absolute atomic E-state index is 11.2. The minimum atomic E-state index is -0.0720. The number of amides is 2. The summed E-state index contributed by atoms with van der Waals surface area (Å²) in [5.41, 5.74) is 0.643. The molecule has 0 aromatic carbocycles. The van der Waals surface area contributed by atoms with Gasteiger partial charge in [0.2, 0.25) is 0 Å². The number of nitrogens with one attached hydrogen (secondary N) is 2. The lowest BCUT2D eigenvalue weighted by Gasteiger charge is -2.46. The molecule has 0 radical (unpaired) electrons. The van der Waals surface area contributed by atoms with Gasteiger partial charge in [-0.3, -0.25) is 0 Å². The van der Waals surface area contributed by atoms with Crippen LogP contribution < -0.4 is 10.6 Å². The summed E-state index contributed by atoms with van der Waals surface area (Å²) in [6.07, 6.45) is 3.69. The van der Waals surface area contributed by atoms with Gasteiger partial charge in [0.25, 0.3) is 0 Å². The molecule has 2 unspecified atom stereocenters. The van der Waals surface area contributed by atoms with Crippen LogP contribution >= 0.6 is 0 Å². The van der Waals surface area contributed by atoms with Crippen molar-refractivity contribution in [3.8, 4) is 0 Å². The molecular formula is C13H26N2O. The molecule has 1 aliphatic carbocycles. The molecule has 0 spiro atoms. The molecule has 0 aromatic rings. The normalized spacial score (nSPS) is 33.2. The van der Waals surface area contributed by atoms with Crippen molar-refractivity contribution >= 4 is 6.03 Å². The van der Waals surface area contributed by atoms with Crippen LogP contribution in [0.5, 0.6) is 0 Å². The van der Waals surface area contributed by atoms with Gasteiger partial charge >= 0.3 is 6.03 Å². The van der Waals surface area contributed by atoms with Gasteiger partial charge in [0, 0.05) is 13.6 Å². The van der Waals surface area contributed by atoms with Gasteiger partial charge in [0.1, 0.15) is 0 Å². The Morgan fingerprint density at radius 2 is 1.94 bits per heavy atom. The van der Waals surface area contributed by atoms with Crippen LogP contribution in [0, 0.1) is 16.7 Å². The topological polar surface area (TPSA) is 41.1 Å². The van der Waals surface area contributed by atoms with Crippen LogP contribution in [0.3, 0.4) is 0 Å². The average Bonchev–Trinajstić information content (AvgIpc) is 2.10. The van der Waals surface area contributed by atoms with E-state index < -0.39 is 0 Å². The van der Waals surface area contributed by atoms with E-state index in [9.17, 15) is 4.79 Å². The predicted molar refractivity (Wildman–Crippen MR) is 67.4 cm³/mol. The molecule has 0 heterocycles. The molecule has 1 saturated carbocycles. The molecule has 16 heavy (non-hydrogen) atoms. The standard InChI is InChI=1S/C13H26N2O/c1-10-6-12(2,3)8-13(4,7-10)9-15-11(16)14-5/h10H,6-9H2,1-5H3,(H2,14,15,16). The number of carbonyl (C=O) groups is 1. The summed E-state index contributed by atoms with van der Waals surface area (Å²) in [5, 5.41) is 5.55. The second kappa shape index (κ2) is 4.64. The van der Waals surface area contributed by atoms with E-state index in [0.29, 0.717) is 5.41 Å². The quantitative estimate of drug-likeness (QED) is 0.747. The Morgan fingerprint density at radius 3 is 2.44 bits per heavy atom. The summed E-state index contributed by atoms with van der Waals surface area (Å²) in [5.74, 6) is 0.750. The zero-order valence-electron chi connectivity index (χ0n) is 11.3. The Labute approximate surface area is 99.4 Å². The van der Waals surface area contributed by atoms with E-state index in [1.165, 1.54) is 19.3 Å². The van der Waals surface area contributed by atoms with Crippen molar-refractivity contribution in [2.45, 2.75) is 47.0 Å². The Balaban J connectivity index is 2.58. The number of hydrogen-bond donors (Lipinski definition) is 2. The molecule has 2 N–H and O–H groups in total. The van der Waals surface area contributed by atoms with E-state index in [4.69, 9.17) is 0 Å². The number of urea groups is 1. The van der Waals surface area contributed by atoms with E-state index >= 15 is 0 Å². The van der Waals surface area contributed by atoms with Crippen LogP contribution in [0.2, 0.25) is 0 Å². The van der Waals surface area contributed by atoms with E-state index in [1.54, 1.807) is 7.05 Å². The molecule has 1 aliphatic rings. The first-order valence-corrected chi connectivity index (χ1v) is 6.22. The lowest BCUT2D eigenvalue weighted by atomic mass is 9.61. The third kappa shape index (κ3) is 3.69. The van der Waals surface area contributed by atoms with Crippen LogP contribution in [0.15, 0.2) is 0 Å². The average molecular weight is 226 g/mol. The zero-order chi connectivity index (χ0) is 12.4. The van der Waals surface area contributed by atoms with Crippen molar-refractivity contribution in [3.63, 3.8) is 0 Å². The summed E-state index contributed by atoms with van der Waals surface area (Å²) in [6.45, 7) is 10.1. The highest BCUT2D eigenvalue weighted by molar-refractivity contribution is 5.73. The van der Waals surface area contributed by atoms with Crippen LogP contribution in [-0.4, -0.2) is 19.6 Å². The third-order valence-electron chi connectivity index (χ3n) is 3.55. The molecule has 1 fully saturated rings. The van der Waals surface area contributed by atoms with Gasteiger partial charge in [-0.2, -0.15) is 0 Å². The van der Waals surface area contributed by atoms with Crippen molar-refractivity contribution in [1.29, 1.82) is 0 Å². The Morgan fingerprint density at radius 1 is 1.31 bits per heavy atom. The second-order valence-electron chi connectivity index (χ2n) is 6.60. The molecule has 1 rings (SSSR count). The van der Waals surface area contributed by atoms with Crippen molar-refractivity contribution in [2.24, 2.45) is 16.7 Å². The Kier molecular flexibility index (Phi) is 3.87. The van der Waals surface area contributed by atoms with Crippen LogP contribution in [0.1, 0.15) is 47.0 Å². The highest BCUT2D eigenvalue weighted by atomic mass is 16.2. The first-order valence-electron chi connectivity index (χ1n) is 6.22. The zero-order valence-corrected chi connectivity index (χ0v) is 11.3. The van der Waals surface area contributed by atoms with Gasteiger partial charge in [0.15, 0.2) is 0 Å². The maximum atomic E-state index is 11.2. The SMILES string of the molecule is CNC(=O)NCC1(C)CC(C)CC(C)(C)C1. The summed E-state index contributed by atoms with van der Waals surface area (Å²) >= 11 is 0. The highest BCUT2D eigenvalue weighted by Gasteiger charge is 2.39. The lowest BCUT2D eigenvalue weighted by Crippen LogP contribution is -2.45. The number of rotatable bonds is 2. The van der Waals surface area contributed by atoms with Gasteiger partial charge in [-0.15, -0.1) is 0 Å². The van der Waals surface area contributed by atoms with E-state index in [-0.39, 0.29) is 11.4 Å². The summed E-state index contributed by atoms with van der Waals surface area (Å²) in [4.78, 5) is 11.2. The molecule has 2 amide bonds. The fourth-order valence-corrected chi connectivity index (χ4v) is 3.67. The molecular weight excluding hydrogens is 200 g/mol. The highest BCUT2D eigenvalue weighted by Crippen LogP contribution is 2.48. The maximum Gasteiger partial charge on any atom is 0.314 e. The van der Waals surface area contributed by atoms with Gasteiger partial charge in [-0.25, -0.2) is 4.79 Å². The van der Waals surface area contributed by atoms with Crippen LogP contribution in [-0.2, 0) is 0 Å². The molecule has 3 nitrogen and oxygen atoms in total. The van der Waals surface area contributed by atoms with E-state index in [0.717, 1.165) is 12.5 Å². The monoisotopic (exact) mass is 226 g/mol. The van der Waals surface area contributed by atoms with Crippen LogP contribution in [0.25, 0.3) is 0 Å². The fraction of sp³-hybridized carbons (Fsp3) is 0.923. The molecule has 2 atom stereocenters. The van der Waals surface area contributed by atoms with Crippen molar-refractivity contribution in [2.75, 3.05) is 13.6 Å². The van der Waals surface area contributed by atoms with Crippen molar-refractivity contribution in [1.82, 2.24) is 10.6 Å². The predicted octanol–water partition coefficient (Wildman–Crippen LogP) is 2.77. The van der Waals surface area contributed by atoms with Gasteiger partial charge in [0.05, 0.1) is 0 Å². The smallest absolute Gasteiger partial charge is 0.314 e. The minimum Gasteiger partial charge on any atom is -0.341 e. The van der Waals surface area contributed by atoms with Gasteiger partial charge in [-0.05, 0) is 36.0 Å². The third-order valence-corrected chi connectivity index (χ3v) is 3.55. The van der Waals surface area contributed by atoms with E-state index in [1.807, 2.05) is 0 Å². The number of carbonyl (C=O) groups excluding carboxylic acids is 1. The molecule has 0 bridgehead atoms. The van der Waals surface area contributed by atoms with Gasteiger partial charge < -0.3 is 10.6 Å². The summed E-state index contributed by atoms with van der Waals surface area (Å²) in [6, 6.07) is -0.0720. The Hall–Kier alpha value is -0.730. The largest absolute Gasteiger partial charge is 0.341 e. The summed E-state index contributed by atoms with van der Waals surface area (Å²) in [7, 11) is 1.66. The number of hydrogen-bond acceptors (Lipinski definition) is 1. The molecule has 0 aromatic heterocycles. The molecule has 0 aliphatic heterocycles. The Bertz CT molecular complexity index is 263. The first kappa shape index (κ1) is 13.3. The molecule has 94 valence electrons. The lowest BCUT2D eigenvalue weighted by molar-refractivity contribution is 0.0625. The second-order valence-corrected chi connectivity index (χ2v) is 6.60. The molecule has 0 saturated heterocycles. The molecule has 3 heteroatoms. The van der Waals surface area contributed by atoms with Gasteiger partial charge in [-0.1, -0.05) is 27.7 Å². The first-order chi connectivity index (χ1) is 7.26. The minimum absolute atomic E-state index is 0.0720. The van der Waals surface area contributed by atoms with E-state index in [2.05, 4.69) is 38.3 Å².